The first-order valence-corrected chi connectivity index (χ1v) is 8.22. The summed E-state index contributed by atoms with van der Waals surface area (Å²) in [6.07, 6.45) is 3.20. The van der Waals surface area contributed by atoms with Crippen LogP contribution in [0.1, 0.15) is 5.69 Å². The van der Waals surface area contributed by atoms with Crippen LogP contribution in [0.4, 0.5) is 11.6 Å². The van der Waals surface area contributed by atoms with E-state index in [1.807, 2.05) is 37.3 Å². The molecule has 6 nitrogen and oxygen atoms in total. The van der Waals surface area contributed by atoms with E-state index < -0.39 is 0 Å². The molecule has 4 aromatic rings. The second kappa shape index (κ2) is 6.31. The van der Waals surface area contributed by atoms with Crippen molar-refractivity contribution in [3.63, 3.8) is 0 Å². The molecule has 0 aliphatic rings. The van der Waals surface area contributed by atoms with E-state index in [1.165, 1.54) is 6.20 Å². The molecule has 0 saturated heterocycles. The van der Waals surface area contributed by atoms with Gasteiger partial charge >= 0.3 is 0 Å². The molecule has 3 aromatic heterocycles. The molecule has 1 aromatic carbocycles. The molecule has 0 saturated carbocycles. The molecule has 0 bridgehead atoms. The third-order valence-electron chi connectivity index (χ3n) is 3.53. The van der Waals surface area contributed by atoms with Crippen LogP contribution in [-0.4, -0.2) is 24.7 Å². The quantitative estimate of drug-likeness (QED) is 0.571. The molecule has 0 unspecified atom stereocenters. The minimum Gasteiger partial charge on any atom is -0.323 e. The van der Waals surface area contributed by atoms with E-state index in [0.29, 0.717) is 27.5 Å². The lowest BCUT2D eigenvalue weighted by Gasteiger charge is -2.10. The molecule has 0 amide bonds. The predicted molar refractivity (Wildman–Crippen MR) is 98.9 cm³/mol. The molecule has 1 N–H and O–H groups in total. The molecule has 0 fully saturated rings. The maximum Gasteiger partial charge on any atom is 0.174 e. The number of benzene rings is 1. The standard InChI is InChI=1S/C17H12Cl2N6/c1-10-6-16(25(24-10)17-12(19)7-11(18)8-21-17)23-15-9-20-13-4-2-3-5-14(13)22-15/h2-9H,1H3,(H,22,23). The number of hydrogen-bond donors (Lipinski definition) is 1. The number of rotatable bonds is 3. The minimum atomic E-state index is 0.406. The number of halogens is 2. The Bertz CT molecular complexity index is 1080. The van der Waals surface area contributed by atoms with E-state index in [0.717, 1.165) is 16.7 Å². The van der Waals surface area contributed by atoms with Crippen LogP contribution in [0.25, 0.3) is 16.9 Å². The van der Waals surface area contributed by atoms with Gasteiger partial charge in [0.05, 0.1) is 33.0 Å². The van der Waals surface area contributed by atoms with Crippen molar-refractivity contribution < 1.29 is 0 Å². The third-order valence-corrected chi connectivity index (χ3v) is 4.01. The zero-order chi connectivity index (χ0) is 17.4. The van der Waals surface area contributed by atoms with E-state index in [9.17, 15) is 0 Å². The highest BCUT2D eigenvalue weighted by molar-refractivity contribution is 6.35. The maximum atomic E-state index is 6.26. The summed E-state index contributed by atoms with van der Waals surface area (Å²) in [5.74, 6) is 1.76. The Hall–Kier alpha value is -2.70. The topological polar surface area (TPSA) is 68.5 Å². The number of hydrogen-bond acceptors (Lipinski definition) is 5. The monoisotopic (exact) mass is 370 g/mol. The van der Waals surface area contributed by atoms with Gasteiger partial charge in [0, 0.05) is 12.3 Å². The zero-order valence-electron chi connectivity index (χ0n) is 13.1. The molecule has 8 heteroatoms. The van der Waals surface area contributed by atoms with Crippen LogP contribution in [0.5, 0.6) is 0 Å². The number of anilines is 2. The average Bonchev–Trinajstić information content (AvgIpc) is 2.95. The van der Waals surface area contributed by atoms with Crippen molar-refractivity contribution in [2.45, 2.75) is 6.92 Å². The van der Waals surface area contributed by atoms with Gasteiger partial charge in [0.25, 0.3) is 0 Å². The number of fused-ring (bicyclic) bond motifs is 1. The molecule has 0 spiro atoms. The summed E-state index contributed by atoms with van der Waals surface area (Å²) in [5.41, 5.74) is 2.45. The van der Waals surface area contributed by atoms with Gasteiger partial charge in [-0.05, 0) is 25.1 Å². The largest absolute Gasteiger partial charge is 0.323 e. The number of nitrogens with one attached hydrogen (secondary N) is 1. The Balaban J connectivity index is 1.75. The van der Waals surface area contributed by atoms with Gasteiger partial charge in [0.15, 0.2) is 11.6 Å². The highest BCUT2D eigenvalue weighted by Crippen LogP contribution is 2.26. The van der Waals surface area contributed by atoms with Gasteiger partial charge in [-0.25, -0.2) is 9.97 Å². The van der Waals surface area contributed by atoms with Crippen molar-refractivity contribution in [3.8, 4) is 5.82 Å². The molecular weight excluding hydrogens is 359 g/mol. The lowest BCUT2D eigenvalue weighted by molar-refractivity contribution is 0.839. The first kappa shape index (κ1) is 15.8. The Morgan fingerprint density at radius 1 is 1.00 bits per heavy atom. The summed E-state index contributed by atoms with van der Waals surface area (Å²) in [4.78, 5) is 13.2. The summed E-state index contributed by atoms with van der Waals surface area (Å²) >= 11 is 12.2. The Morgan fingerprint density at radius 2 is 1.80 bits per heavy atom. The fourth-order valence-corrected chi connectivity index (χ4v) is 2.92. The summed E-state index contributed by atoms with van der Waals surface area (Å²) in [6.45, 7) is 1.89. The zero-order valence-corrected chi connectivity index (χ0v) is 14.6. The highest BCUT2D eigenvalue weighted by Gasteiger charge is 2.13. The van der Waals surface area contributed by atoms with E-state index >= 15 is 0 Å². The van der Waals surface area contributed by atoms with Gasteiger partial charge in [-0.1, -0.05) is 35.3 Å². The molecule has 3 heterocycles. The first-order valence-electron chi connectivity index (χ1n) is 7.47. The van der Waals surface area contributed by atoms with E-state index in [-0.39, 0.29) is 0 Å². The fraction of sp³-hybridized carbons (Fsp3) is 0.0588. The van der Waals surface area contributed by atoms with Gasteiger partial charge in [0.2, 0.25) is 0 Å². The number of aryl methyl sites for hydroxylation is 1. The van der Waals surface area contributed by atoms with Crippen molar-refractivity contribution in [3.05, 3.63) is 64.5 Å². The predicted octanol–water partition coefficient (Wildman–Crippen LogP) is 4.57. The fourth-order valence-electron chi connectivity index (χ4n) is 2.46. The number of pyridine rings is 1. The Morgan fingerprint density at radius 3 is 2.60 bits per heavy atom. The summed E-state index contributed by atoms with van der Waals surface area (Å²) < 4.78 is 1.62. The molecular formula is C17H12Cl2N6. The van der Waals surface area contributed by atoms with Crippen molar-refractivity contribution >= 4 is 45.9 Å². The molecule has 0 aliphatic carbocycles. The molecule has 0 radical (unpaired) electrons. The van der Waals surface area contributed by atoms with Gasteiger partial charge in [-0.3, -0.25) is 4.98 Å². The number of nitrogens with zero attached hydrogens (tertiary/aromatic N) is 5. The Kier molecular flexibility index (Phi) is 3.99. The normalized spacial score (nSPS) is 11.0. The summed E-state index contributed by atoms with van der Waals surface area (Å²) in [7, 11) is 0. The molecule has 4 rings (SSSR count). The molecule has 25 heavy (non-hydrogen) atoms. The smallest absolute Gasteiger partial charge is 0.174 e. The van der Waals surface area contributed by atoms with Crippen LogP contribution in [0.3, 0.4) is 0 Å². The van der Waals surface area contributed by atoms with Gasteiger partial charge in [0.1, 0.15) is 5.82 Å². The number of para-hydroxylation sites is 2. The van der Waals surface area contributed by atoms with Crippen LogP contribution in [0.2, 0.25) is 10.0 Å². The van der Waals surface area contributed by atoms with E-state index in [1.54, 1.807) is 16.9 Å². The number of aromatic nitrogens is 5. The Labute approximate surface area is 153 Å². The SMILES string of the molecule is Cc1cc(Nc2cnc3ccccc3n2)n(-c2ncc(Cl)cc2Cl)n1. The highest BCUT2D eigenvalue weighted by atomic mass is 35.5. The second-order valence-electron chi connectivity index (χ2n) is 5.41. The first-order chi connectivity index (χ1) is 12.1. The van der Waals surface area contributed by atoms with Gasteiger partial charge in [-0.2, -0.15) is 9.78 Å². The maximum absolute atomic E-state index is 6.26. The molecule has 0 aliphatic heterocycles. The summed E-state index contributed by atoms with van der Waals surface area (Å²) in [6, 6.07) is 11.2. The van der Waals surface area contributed by atoms with Crippen LogP contribution >= 0.6 is 23.2 Å². The van der Waals surface area contributed by atoms with Crippen molar-refractivity contribution in [2.75, 3.05) is 5.32 Å². The van der Waals surface area contributed by atoms with Gasteiger partial charge < -0.3 is 5.32 Å². The van der Waals surface area contributed by atoms with Crippen molar-refractivity contribution in [1.82, 2.24) is 24.7 Å². The van der Waals surface area contributed by atoms with Crippen LogP contribution < -0.4 is 5.32 Å². The molecule has 0 atom stereocenters. The van der Waals surface area contributed by atoms with Crippen LogP contribution in [0.15, 0.2) is 48.8 Å². The van der Waals surface area contributed by atoms with E-state index in [4.69, 9.17) is 23.2 Å². The van der Waals surface area contributed by atoms with Crippen molar-refractivity contribution in [2.24, 2.45) is 0 Å². The van der Waals surface area contributed by atoms with Crippen LogP contribution in [0, 0.1) is 6.92 Å². The van der Waals surface area contributed by atoms with Gasteiger partial charge in [-0.15, -0.1) is 0 Å². The van der Waals surface area contributed by atoms with E-state index in [2.05, 4.69) is 25.4 Å². The third kappa shape index (κ3) is 3.14. The summed E-state index contributed by atoms with van der Waals surface area (Å²) in [5, 5.41) is 8.54. The lowest BCUT2D eigenvalue weighted by Crippen LogP contribution is -2.06. The average molecular weight is 371 g/mol. The van der Waals surface area contributed by atoms with Crippen LogP contribution in [-0.2, 0) is 0 Å². The second-order valence-corrected chi connectivity index (χ2v) is 6.25. The van der Waals surface area contributed by atoms with Crippen molar-refractivity contribution in [1.29, 1.82) is 0 Å². The molecule has 124 valence electrons. The minimum absolute atomic E-state index is 0.406. The lowest BCUT2D eigenvalue weighted by atomic mass is 10.3.